The van der Waals surface area contributed by atoms with E-state index in [1.165, 1.54) is 17.3 Å². The lowest BCUT2D eigenvalue weighted by Crippen LogP contribution is -2.26. The van der Waals surface area contributed by atoms with Crippen LogP contribution in [0.15, 0.2) is 59.6 Å². The van der Waals surface area contributed by atoms with Crippen molar-refractivity contribution in [2.45, 2.75) is 4.75 Å². The van der Waals surface area contributed by atoms with Crippen LogP contribution in [0.5, 0.6) is 0 Å². The topological polar surface area (TPSA) is 36.1 Å². The van der Waals surface area contributed by atoms with Gasteiger partial charge in [0, 0.05) is 11.3 Å². The molecule has 3 rings (SSSR count). The summed E-state index contributed by atoms with van der Waals surface area (Å²) >= 11 is 9.29. The Morgan fingerprint density at radius 1 is 1.18 bits per heavy atom. The van der Waals surface area contributed by atoms with Crippen molar-refractivity contribution in [3.05, 3.63) is 70.7 Å². The van der Waals surface area contributed by atoms with E-state index in [0.717, 1.165) is 10.6 Å². The molecule has 0 N–H and O–H groups in total. The van der Waals surface area contributed by atoms with Gasteiger partial charge >= 0.3 is 0 Å². The highest BCUT2D eigenvalue weighted by Gasteiger charge is 2.39. The van der Waals surface area contributed by atoms with E-state index in [0.29, 0.717) is 17.3 Å². The highest BCUT2D eigenvalue weighted by atomic mass is 35.5. The number of aliphatic imine (C=N–C) groups is 1. The van der Waals surface area contributed by atoms with Crippen LogP contribution in [0.25, 0.3) is 0 Å². The number of hydrogen-bond acceptors (Lipinski definition) is 4. The minimum absolute atomic E-state index is 0.198. The summed E-state index contributed by atoms with van der Waals surface area (Å²) in [5.41, 5.74) is 2.17. The highest BCUT2D eigenvalue weighted by Crippen LogP contribution is 2.46. The molecule has 5 heteroatoms. The fraction of sp³-hybridized carbons (Fsp3) is 0.176. The van der Waals surface area contributed by atoms with E-state index in [4.69, 9.17) is 21.9 Å². The van der Waals surface area contributed by atoms with Crippen LogP contribution in [0.1, 0.15) is 11.1 Å². The number of halogens is 1. The first-order valence-corrected chi connectivity index (χ1v) is 8.98. The van der Waals surface area contributed by atoms with Crippen LogP contribution in [-0.2, 0) is 4.75 Å². The minimum atomic E-state index is -0.198. The van der Waals surface area contributed by atoms with E-state index in [9.17, 15) is 0 Å². The maximum Gasteiger partial charge on any atom is 0.133 e. The van der Waals surface area contributed by atoms with Crippen LogP contribution in [0.2, 0.25) is 5.02 Å². The zero-order chi connectivity index (χ0) is 15.4. The molecule has 2 nitrogen and oxygen atoms in total. The van der Waals surface area contributed by atoms with Gasteiger partial charge in [-0.15, -0.1) is 0 Å². The number of nitrogens with zero attached hydrogens (tertiary/aromatic N) is 2. The Morgan fingerprint density at radius 3 is 2.64 bits per heavy atom. The Morgan fingerprint density at radius 2 is 1.91 bits per heavy atom. The SMILES string of the molecule is N#CSCC1(c2ccccc2)CN=C(c2ccccc2Cl)S1. The molecule has 0 aromatic heterocycles. The molecular formula is C17H13ClN2S2. The van der Waals surface area contributed by atoms with Gasteiger partial charge in [-0.3, -0.25) is 4.99 Å². The molecule has 0 radical (unpaired) electrons. The predicted octanol–water partition coefficient (Wildman–Crippen LogP) is 4.94. The molecule has 1 aliphatic heterocycles. The molecule has 1 unspecified atom stereocenters. The first-order valence-electron chi connectivity index (χ1n) is 6.80. The molecule has 0 amide bonds. The van der Waals surface area contributed by atoms with Crippen LogP contribution in [-0.4, -0.2) is 17.3 Å². The predicted molar refractivity (Wildman–Crippen MR) is 96.6 cm³/mol. The van der Waals surface area contributed by atoms with Gasteiger partial charge in [0.05, 0.1) is 16.3 Å². The Labute approximate surface area is 143 Å². The fourth-order valence-corrected chi connectivity index (χ4v) is 4.84. The van der Waals surface area contributed by atoms with Gasteiger partial charge < -0.3 is 0 Å². The van der Waals surface area contributed by atoms with Crippen LogP contribution >= 0.6 is 35.1 Å². The molecule has 0 spiro atoms. The summed E-state index contributed by atoms with van der Waals surface area (Å²) in [5, 5.41) is 12.8. The second kappa shape index (κ2) is 6.78. The monoisotopic (exact) mass is 344 g/mol. The number of thiocyanates is 1. The molecule has 0 aliphatic carbocycles. The van der Waals surface area contributed by atoms with Gasteiger partial charge in [-0.25, -0.2) is 0 Å². The highest BCUT2D eigenvalue weighted by molar-refractivity contribution is 8.16. The van der Waals surface area contributed by atoms with Crippen molar-refractivity contribution in [2.75, 3.05) is 12.3 Å². The second-order valence-corrected chi connectivity index (χ2v) is 7.48. The van der Waals surface area contributed by atoms with E-state index in [1.807, 2.05) is 42.5 Å². The molecule has 22 heavy (non-hydrogen) atoms. The van der Waals surface area contributed by atoms with Crippen LogP contribution in [0.3, 0.4) is 0 Å². The Bertz CT molecular complexity index is 740. The van der Waals surface area contributed by atoms with Crippen molar-refractivity contribution < 1.29 is 0 Å². The van der Waals surface area contributed by atoms with Crippen molar-refractivity contribution >= 4 is 40.2 Å². The largest absolute Gasteiger partial charge is 0.276 e. The summed E-state index contributed by atoms with van der Waals surface area (Å²) in [5.74, 6) is 0.704. The van der Waals surface area contributed by atoms with E-state index >= 15 is 0 Å². The van der Waals surface area contributed by atoms with E-state index in [1.54, 1.807) is 11.8 Å². The molecule has 2 aromatic carbocycles. The molecular weight excluding hydrogens is 332 g/mol. The lowest BCUT2D eigenvalue weighted by molar-refractivity contribution is 0.734. The third-order valence-electron chi connectivity index (χ3n) is 3.54. The third kappa shape index (κ3) is 3.03. The van der Waals surface area contributed by atoms with E-state index in [2.05, 4.69) is 17.5 Å². The number of thioether (sulfide) groups is 2. The number of nitriles is 1. The van der Waals surface area contributed by atoms with Crippen molar-refractivity contribution in [3.8, 4) is 5.40 Å². The fourth-order valence-electron chi connectivity index (χ4n) is 2.42. The summed E-state index contributed by atoms with van der Waals surface area (Å²) < 4.78 is -0.198. The van der Waals surface area contributed by atoms with Crippen LogP contribution in [0, 0.1) is 10.7 Å². The number of rotatable bonds is 4. The van der Waals surface area contributed by atoms with Gasteiger partial charge in [0.15, 0.2) is 0 Å². The third-order valence-corrected chi connectivity index (χ3v) is 6.26. The Balaban J connectivity index is 1.93. The molecule has 0 saturated carbocycles. The molecule has 2 aromatic rings. The molecule has 0 saturated heterocycles. The normalized spacial score (nSPS) is 20.5. The van der Waals surface area contributed by atoms with Crippen LogP contribution < -0.4 is 0 Å². The lowest BCUT2D eigenvalue weighted by atomic mass is 10.0. The smallest absolute Gasteiger partial charge is 0.133 e. The summed E-state index contributed by atoms with van der Waals surface area (Å²) in [6.07, 6.45) is 0. The van der Waals surface area contributed by atoms with Gasteiger partial charge in [-0.05, 0) is 23.4 Å². The molecule has 0 fully saturated rings. The summed E-state index contributed by atoms with van der Waals surface area (Å²) in [6.45, 7) is 0.664. The summed E-state index contributed by atoms with van der Waals surface area (Å²) in [6, 6.07) is 18.0. The zero-order valence-corrected chi connectivity index (χ0v) is 14.1. The first kappa shape index (κ1) is 15.5. The molecule has 1 atom stereocenters. The van der Waals surface area contributed by atoms with Gasteiger partial charge in [0.1, 0.15) is 10.4 Å². The maximum atomic E-state index is 8.96. The van der Waals surface area contributed by atoms with Gasteiger partial charge in [-0.2, -0.15) is 5.26 Å². The number of benzene rings is 2. The molecule has 110 valence electrons. The lowest BCUT2D eigenvalue weighted by Gasteiger charge is -2.26. The zero-order valence-electron chi connectivity index (χ0n) is 11.7. The number of hydrogen-bond donors (Lipinski definition) is 0. The second-order valence-electron chi connectivity index (χ2n) is 4.94. The van der Waals surface area contributed by atoms with Crippen molar-refractivity contribution in [1.82, 2.24) is 0 Å². The average Bonchev–Trinajstić information content (AvgIpc) is 3.00. The van der Waals surface area contributed by atoms with E-state index in [-0.39, 0.29) is 4.75 Å². The van der Waals surface area contributed by atoms with Gasteiger partial charge in [0.25, 0.3) is 0 Å². The molecule has 1 aliphatic rings. The minimum Gasteiger partial charge on any atom is -0.276 e. The van der Waals surface area contributed by atoms with E-state index < -0.39 is 0 Å². The quantitative estimate of drug-likeness (QED) is 0.737. The average molecular weight is 345 g/mol. The van der Waals surface area contributed by atoms with Crippen molar-refractivity contribution in [2.24, 2.45) is 4.99 Å². The Kier molecular flexibility index (Phi) is 4.77. The molecule has 1 heterocycles. The van der Waals surface area contributed by atoms with Gasteiger partial charge in [-0.1, -0.05) is 71.9 Å². The Hall–Kier alpha value is -1.41. The molecule has 0 bridgehead atoms. The van der Waals surface area contributed by atoms with Crippen LogP contribution in [0.4, 0.5) is 0 Å². The van der Waals surface area contributed by atoms with Crippen molar-refractivity contribution in [1.29, 1.82) is 5.26 Å². The first-order chi connectivity index (χ1) is 10.7. The van der Waals surface area contributed by atoms with Crippen molar-refractivity contribution in [3.63, 3.8) is 0 Å². The summed E-state index contributed by atoms with van der Waals surface area (Å²) in [7, 11) is 0. The standard InChI is InChI=1S/C17H13ClN2S2/c18-15-9-5-4-8-14(15)16-20-10-17(22-16,11-21-12-19)13-6-2-1-3-7-13/h1-9H,10-11H2. The maximum absolute atomic E-state index is 8.96. The summed E-state index contributed by atoms with van der Waals surface area (Å²) in [4.78, 5) is 4.72. The van der Waals surface area contributed by atoms with Gasteiger partial charge in [0.2, 0.25) is 0 Å².